The first-order chi connectivity index (χ1) is 28.5. The summed E-state index contributed by atoms with van der Waals surface area (Å²) in [5.41, 5.74) is 3.53. The number of ether oxygens (including phenoxy) is 5. The van der Waals surface area contributed by atoms with Gasteiger partial charge in [-0.2, -0.15) is 0 Å². The minimum absolute atomic E-state index is 0.567. The number of benzene rings is 5. The second kappa shape index (κ2) is 21.9. The maximum atomic E-state index is 6.72. The largest absolute Gasteiger partial charge is 0.490 e. The smallest absolute Gasteiger partial charge is 0.227 e. The summed E-state index contributed by atoms with van der Waals surface area (Å²) in [6.45, 7) is 16.3. The van der Waals surface area contributed by atoms with Crippen LogP contribution < -0.4 is 23.7 Å². The Morgan fingerprint density at radius 3 is 1.17 bits per heavy atom. The highest BCUT2D eigenvalue weighted by atomic mass is 16.5. The predicted molar refractivity (Wildman–Crippen MR) is 242 cm³/mol. The van der Waals surface area contributed by atoms with Gasteiger partial charge in [0.05, 0.1) is 33.0 Å². The zero-order valence-electron chi connectivity index (χ0n) is 36.2. The Labute approximate surface area is 346 Å². The average Bonchev–Trinajstić information content (AvgIpc) is 3.69. The van der Waals surface area contributed by atoms with Gasteiger partial charge in [-0.1, -0.05) is 117 Å². The number of hydrogen-bond donors (Lipinski definition) is 0. The van der Waals surface area contributed by atoms with E-state index in [0.717, 1.165) is 163 Å². The second-order valence-corrected chi connectivity index (χ2v) is 15.8. The number of oxazole rings is 1. The first-order valence-electron chi connectivity index (χ1n) is 22.6. The normalized spacial score (nSPS) is 11.6. The summed E-state index contributed by atoms with van der Waals surface area (Å²) in [5.74, 6) is 4.31. The van der Waals surface area contributed by atoms with Crippen molar-refractivity contribution < 1.29 is 28.1 Å². The van der Waals surface area contributed by atoms with Crippen molar-refractivity contribution in [2.45, 2.75) is 138 Å². The zero-order valence-corrected chi connectivity index (χ0v) is 36.2. The average molecular weight is 790 g/mol. The highest BCUT2D eigenvalue weighted by molar-refractivity contribution is 6.32. The summed E-state index contributed by atoms with van der Waals surface area (Å²) in [6, 6.07) is 19.2. The standard InChI is InChI=1S/C51H67NO6/c1-7-12-17-26-53-43-31-38-39-32-45(55-28-19-14-9-3)46(56-29-20-15-10-4)34-41(39)48-42(40(38)33-44(43)54-27-18-13-8-2)35-47(57-30-21-16-11-5)50-49(48)52-51(58-50)37-24-22-36(6)23-25-37/h22-25,31-35H,7-21,26-30H2,1-6H3. The van der Waals surface area contributed by atoms with Crippen LogP contribution >= 0.6 is 0 Å². The van der Waals surface area contributed by atoms with Crippen LogP contribution in [0.1, 0.15) is 136 Å². The number of hydrogen-bond acceptors (Lipinski definition) is 7. The molecule has 0 saturated heterocycles. The fraction of sp³-hybridized carbons (Fsp3) is 0.510. The number of rotatable bonds is 26. The van der Waals surface area contributed by atoms with Crippen molar-refractivity contribution in [3.63, 3.8) is 0 Å². The minimum Gasteiger partial charge on any atom is -0.490 e. The van der Waals surface area contributed by atoms with E-state index in [1.54, 1.807) is 0 Å². The van der Waals surface area contributed by atoms with E-state index in [2.05, 4.69) is 96.1 Å². The van der Waals surface area contributed by atoms with Gasteiger partial charge in [0, 0.05) is 10.9 Å². The van der Waals surface area contributed by atoms with Crippen molar-refractivity contribution in [3.8, 4) is 40.2 Å². The molecule has 0 fully saturated rings. The molecule has 0 aliphatic heterocycles. The molecule has 0 bridgehead atoms. The van der Waals surface area contributed by atoms with Crippen LogP contribution in [0.2, 0.25) is 0 Å². The number of fused-ring (bicyclic) bond motifs is 8. The van der Waals surface area contributed by atoms with Gasteiger partial charge >= 0.3 is 0 Å². The van der Waals surface area contributed by atoms with Crippen LogP contribution in [0.5, 0.6) is 28.7 Å². The minimum atomic E-state index is 0.567. The van der Waals surface area contributed by atoms with Gasteiger partial charge < -0.3 is 28.1 Å². The van der Waals surface area contributed by atoms with Gasteiger partial charge in [-0.15, -0.1) is 0 Å². The van der Waals surface area contributed by atoms with Gasteiger partial charge in [0.2, 0.25) is 5.89 Å². The van der Waals surface area contributed by atoms with E-state index < -0.39 is 0 Å². The highest BCUT2D eigenvalue weighted by Gasteiger charge is 2.24. The summed E-state index contributed by atoms with van der Waals surface area (Å²) in [4.78, 5) is 5.30. The number of unbranched alkanes of at least 4 members (excludes halogenated alkanes) is 10. The summed E-state index contributed by atoms with van der Waals surface area (Å²) in [7, 11) is 0. The Morgan fingerprint density at radius 1 is 0.431 bits per heavy atom. The van der Waals surface area contributed by atoms with Gasteiger partial charge in [0.1, 0.15) is 5.52 Å². The summed E-state index contributed by atoms with van der Waals surface area (Å²) < 4.78 is 39.7. The molecular weight excluding hydrogens is 723 g/mol. The molecule has 0 radical (unpaired) electrons. The predicted octanol–water partition coefficient (Wildman–Crippen LogP) is 15.1. The van der Waals surface area contributed by atoms with Crippen molar-refractivity contribution in [2.75, 3.05) is 33.0 Å². The quantitative estimate of drug-likeness (QED) is 0.0400. The fourth-order valence-electron chi connectivity index (χ4n) is 7.58. The van der Waals surface area contributed by atoms with Gasteiger partial charge in [0.15, 0.2) is 34.3 Å². The first-order valence-corrected chi connectivity index (χ1v) is 22.6. The van der Waals surface area contributed by atoms with Crippen LogP contribution in [0.3, 0.4) is 0 Å². The van der Waals surface area contributed by atoms with Crippen LogP contribution in [0.25, 0.3) is 54.9 Å². The molecule has 6 rings (SSSR count). The van der Waals surface area contributed by atoms with Gasteiger partial charge in [-0.05, 0) is 108 Å². The molecule has 0 N–H and O–H groups in total. The molecule has 0 saturated carbocycles. The van der Waals surface area contributed by atoms with Crippen molar-refractivity contribution in [2.24, 2.45) is 0 Å². The maximum Gasteiger partial charge on any atom is 0.227 e. The molecule has 312 valence electrons. The fourth-order valence-corrected chi connectivity index (χ4v) is 7.58. The molecule has 0 aliphatic carbocycles. The van der Waals surface area contributed by atoms with Crippen LogP contribution in [0, 0.1) is 6.92 Å². The molecule has 58 heavy (non-hydrogen) atoms. The Balaban J connectivity index is 1.67. The number of aromatic nitrogens is 1. The lowest BCUT2D eigenvalue weighted by atomic mass is 9.92. The molecule has 0 atom stereocenters. The Kier molecular flexibility index (Phi) is 16.2. The van der Waals surface area contributed by atoms with Gasteiger partial charge in [-0.3, -0.25) is 0 Å². The first kappa shape index (κ1) is 42.9. The van der Waals surface area contributed by atoms with Crippen LogP contribution in [0.4, 0.5) is 0 Å². The van der Waals surface area contributed by atoms with E-state index in [1.807, 2.05) is 0 Å². The molecule has 0 aliphatic rings. The third kappa shape index (κ3) is 10.5. The van der Waals surface area contributed by atoms with E-state index in [1.165, 1.54) is 5.56 Å². The van der Waals surface area contributed by atoms with Crippen molar-refractivity contribution in [3.05, 3.63) is 60.2 Å². The van der Waals surface area contributed by atoms with Crippen molar-refractivity contribution in [1.29, 1.82) is 0 Å². The van der Waals surface area contributed by atoms with E-state index in [-0.39, 0.29) is 0 Å². The highest BCUT2D eigenvalue weighted by Crippen LogP contribution is 2.48. The molecule has 7 nitrogen and oxygen atoms in total. The van der Waals surface area contributed by atoms with Gasteiger partial charge in [0.25, 0.3) is 0 Å². The second-order valence-electron chi connectivity index (χ2n) is 15.8. The molecular formula is C51H67NO6. The summed E-state index contributed by atoms with van der Waals surface area (Å²) >= 11 is 0. The molecule has 6 aromatic rings. The van der Waals surface area contributed by atoms with Crippen molar-refractivity contribution in [1.82, 2.24) is 4.98 Å². The number of aryl methyl sites for hydroxylation is 1. The van der Waals surface area contributed by atoms with Crippen LogP contribution in [-0.2, 0) is 0 Å². The lowest BCUT2D eigenvalue weighted by molar-refractivity contribution is 0.260. The van der Waals surface area contributed by atoms with E-state index in [4.69, 9.17) is 33.1 Å². The third-order valence-corrected chi connectivity index (χ3v) is 11.0. The Bertz CT molecular complexity index is 2160. The lowest BCUT2D eigenvalue weighted by Gasteiger charge is -2.20. The molecule has 0 unspecified atom stereocenters. The van der Waals surface area contributed by atoms with Gasteiger partial charge in [-0.25, -0.2) is 4.98 Å². The van der Waals surface area contributed by atoms with E-state index in [0.29, 0.717) is 50.3 Å². The molecule has 1 aromatic heterocycles. The monoisotopic (exact) mass is 789 g/mol. The SMILES string of the molecule is CCCCCOc1cc2c3cc(OCCCCC)c(OCCCCC)cc3c3c(cc(OCCCCC)c4oc(-c5ccc(C)cc5)nc43)c2cc1OCCCCC. The lowest BCUT2D eigenvalue weighted by Crippen LogP contribution is -2.04. The van der Waals surface area contributed by atoms with E-state index >= 15 is 0 Å². The Morgan fingerprint density at radius 2 is 0.776 bits per heavy atom. The van der Waals surface area contributed by atoms with Crippen molar-refractivity contribution >= 4 is 43.4 Å². The van der Waals surface area contributed by atoms with Crippen LogP contribution in [0.15, 0.2) is 59.0 Å². The number of nitrogens with zero attached hydrogens (tertiary/aromatic N) is 1. The molecule has 0 amide bonds. The molecule has 7 heteroatoms. The maximum absolute atomic E-state index is 6.72. The molecule has 1 heterocycles. The third-order valence-electron chi connectivity index (χ3n) is 11.0. The van der Waals surface area contributed by atoms with E-state index in [9.17, 15) is 0 Å². The zero-order chi connectivity index (χ0) is 40.7. The summed E-state index contributed by atoms with van der Waals surface area (Å²) in [5, 5.41) is 6.18. The Hall–Kier alpha value is -4.65. The van der Waals surface area contributed by atoms with Crippen LogP contribution in [-0.4, -0.2) is 38.0 Å². The molecule has 0 spiro atoms. The topological polar surface area (TPSA) is 72.2 Å². The molecule has 5 aromatic carbocycles. The summed E-state index contributed by atoms with van der Waals surface area (Å²) in [6.07, 6.45) is 16.1.